The second-order valence-corrected chi connectivity index (χ2v) is 9.06. The number of fused-ring (bicyclic) bond motifs is 1. The summed E-state index contributed by atoms with van der Waals surface area (Å²) >= 11 is 0. The molecule has 0 spiro atoms. The summed E-state index contributed by atoms with van der Waals surface area (Å²) in [6.07, 6.45) is 6.64. The third-order valence-electron chi connectivity index (χ3n) is 7.51. The van der Waals surface area contributed by atoms with Crippen LogP contribution in [-0.4, -0.2) is 36.9 Å². The van der Waals surface area contributed by atoms with Gasteiger partial charge in [-0.15, -0.1) is 0 Å². The van der Waals surface area contributed by atoms with Crippen molar-refractivity contribution in [3.05, 3.63) is 29.3 Å². The number of ether oxygens (including phenoxy) is 1. The molecular formula is C22H29NO2. The van der Waals surface area contributed by atoms with Crippen molar-refractivity contribution in [2.45, 2.75) is 56.9 Å². The van der Waals surface area contributed by atoms with Gasteiger partial charge in [-0.25, -0.2) is 0 Å². The minimum absolute atomic E-state index is 0.0571. The topological polar surface area (TPSA) is 29.5 Å². The summed E-state index contributed by atoms with van der Waals surface area (Å²) in [5, 5.41) is 0. The first-order valence-electron chi connectivity index (χ1n) is 10.0. The van der Waals surface area contributed by atoms with E-state index in [0.717, 1.165) is 43.9 Å². The van der Waals surface area contributed by atoms with Gasteiger partial charge in [0.2, 0.25) is 0 Å². The summed E-state index contributed by atoms with van der Waals surface area (Å²) in [6.45, 7) is 4.77. The van der Waals surface area contributed by atoms with E-state index in [0.29, 0.717) is 23.7 Å². The van der Waals surface area contributed by atoms with Crippen LogP contribution < -0.4 is 4.74 Å². The normalized spacial score (nSPS) is 37.4. The number of Topliss-reactive ketones (excluding diaryl/α,β-unsaturated/α-hetero) is 1. The van der Waals surface area contributed by atoms with E-state index >= 15 is 0 Å². The van der Waals surface area contributed by atoms with Gasteiger partial charge in [0.05, 0.1) is 7.11 Å². The van der Waals surface area contributed by atoms with Gasteiger partial charge in [0.15, 0.2) is 0 Å². The number of rotatable bonds is 3. The lowest BCUT2D eigenvalue weighted by Crippen LogP contribution is -2.64. The molecule has 1 aromatic rings. The molecule has 1 aromatic carbocycles. The average Bonchev–Trinajstić information content (AvgIpc) is 3.40. The number of piperidine rings is 1. The summed E-state index contributed by atoms with van der Waals surface area (Å²) in [6, 6.07) is 7.24. The molecule has 5 rings (SSSR count). The zero-order valence-corrected chi connectivity index (χ0v) is 15.5. The van der Waals surface area contributed by atoms with Crippen LogP contribution >= 0.6 is 0 Å². The SMILES string of the molecule is COc1ccc2c(c1)[C@]13CCN(CC4CC4)[C@H](C2)[C@@H]1[C@H](C)CC(=O)C3. The molecule has 0 aromatic heterocycles. The van der Waals surface area contributed by atoms with Crippen molar-refractivity contribution in [2.24, 2.45) is 17.8 Å². The average molecular weight is 339 g/mol. The molecule has 0 unspecified atom stereocenters. The molecule has 0 N–H and O–H groups in total. The van der Waals surface area contributed by atoms with Gasteiger partial charge in [-0.1, -0.05) is 13.0 Å². The molecule has 0 amide bonds. The van der Waals surface area contributed by atoms with E-state index in [1.165, 1.54) is 30.5 Å². The second-order valence-electron chi connectivity index (χ2n) is 9.06. The zero-order chi connectivity index (χ0) is 17.2. The van der Waals surface area contributed by atoms with Gasteiger partial charge in [0.25, 0.3) is 0 Å². The maximum atomic E-state index is 12.6. The maximum Gasteiger partial charge on any atom is 0.134 e. The van der Waals surface area contributed by atoms with Crippen molar-refractivity contribution < 1.29 is 9.53 Å². The number of ketones is 1. The van der Waals surface area contributed by atoms with Gasteiger partial charge in [-0.2, -0.15) is 0 Å². The molecule has 3 heteroatoms. The van der Waals surface area contributed by atoms with Crippen LogP contribution in [0, 0.1) is 17.8 Å². The third-order valence-corrected chi connectivity index (χ3v) is 7.51. The summed E-state index contributed by atoms with van der Waals surface area (Å²) in [5.41, 5.74) is 2.95. The molecule has 25 heavy (non-hydrogen) atoms. The van der Waals surface area contributed by atoms with Gasteiger partial charge in [0, 0.05) is 30.8 Å². The van der Waals surface area contributed by atoms with Gasteiger partial charge >= 0.3 is 0 Å². The first-order chi connectivity index (χ1) is 12.1. The van der Waals surface area contributed by atoms with Crippen molar-refractivity contribution >= 4 is 5.78 Å². The van der Waals surface area contributed by atoms with Crippen LogP contribution in [0.2, 0.25) is 0 Å². The number of nitrogens with zero attached hydrogens (tertiary/aromatic N) is 1. The lowest BCUT2D eigenvalue weighted by Gasteiger charge is -2.60. The zero-order valence-electron chi connectivity index (χ0n) is 15.5. The van der Waals surface area contributed by atoms with Crippen molar-refractivity contribution in [3.8, 4) is 5.75 Å². The van der Waals surface area contributed by atoms with Crippen LogP contribution in [0.4, 0.5) is 0 Å². The van der Waals surface area contributed by atoms with Crippen LogP contribution in [0.15, 0.2) is 18.2 Å². The number of hydrogen-bond donors (Lipinski definition) is 0. The number of methoxy groups -OCH3 is 1. The van der Waals surface area contributed by atoms with Gasteiger partial charge < -0.3 is 4.74 Å². The Labute approximate surface area is 150 Å². The molecule has 0 radical (unpaired) electrons. The van der Waals surface area contributed by atoms with Gasteiger partial charge in [0.1, 0.15) is 11.5 Å². The smallest absolute Gasteiger partial charge is 0.134 e. The summed E-state index contributed by atoms with van der Waals surface area (Å²) in [4.78, 5) is 15.4. The summed E-state index contributed by atoms with van der Waals surface area (Å²) < 4.78 is 5.53. The largest absolute Gasteiger partial charge is 0.497 e. The highest BCUT2D eigenvalue weighted by atomic mass is 16.5. The molecule has 4 atom stereocenters. The molecule has 1 aliphatic heterocycles. The standard InChI is InChI=1S/C22H29NO2/c1-14-9-17(24)12-22-7-8-23(13-15-3-4-15)20(21(14)22)10-16-5-6-18(25-2)11-19(16)22/h5-6,11,14-15,20-21H,3-4,7-10,12-13H2,1-2H3/t14-,20-,21+,22-/m1/s1. The number of carbonyl (C=O) groups excluding carboxylic acids is 1. The Kier molecular flexibility index (Phi) is 3.54. The number of likely N-dealkylation sites (tertiary alicyclic amines) is 1. The predicted molar refractivity (Wildman–Crippen MR) is 98.0 cm³/mol. The van der Waals surface area contributed by atoms with E-state index in [1.54, 1.807) is 7.11 Å². The minimum atomic E-state index is 0.0571. The highest BCUT2D eigenvalue weighted by molar-refractivity contribution is 5.82. The van der Waals surface area contributed by atoms with Crippen molar-refractivity contribution in [1.82, 2.24) is 4.90 Å². The Balaban J connectivity index is 1.62. The Morgan fingerprint density at radius 3 is 2.88 bits per heavy atom. The highest BCUT2D eigenvalue weighted by Crippen LogP contribution is 2.57. The second kappa shape index (κ2) is 5.57. The minimum Gasteiger partial charge on any atom is -0.497 e. The van der Waals surface area contributed by atoms with Crippen LogP contribution in [0.3, 0.4) is 0 Å². The Hall–Kier alpha value is -1.35. The van der Waals surface area contributed by atoms with E-state index in [4.69, 9.17) is 4.74 Å². The molecule has 3 aliphatic carbocycles. The predicted octanol–water partition coefficient (Wildman–Crippen LogP) is 3.59. The summed E-state index contributed by atoms with van der Waals surface area (Å²) in [7, 11) is 1.75. The first-order valence-corrected chi connectivity index (χ1v) is 10.0. The fraction of sp³-hybridized carbons (Fsp3) is 0.682. The van der Waals surface area contributed by atoms with E-state index in [1.807, 2.05) is 0 Å². The molecule has 134 valence electrons. The number of hydrogen-bond acceptors (Lipinski definition) is 3. The molecular weight excluding hydrogens is 310 g/mol. The molecule has 3 nitrogen and oxygen atoms in total. The number of benzene rings is 1. The van der Waals surface area contributed by atoms with Crippen molar-refractivity contribution in [3.63, 3.8) is 0 Å². The molecule has 4 aliphatic rings. The van der Waals surface area contributed by atoms with Crippen LogP contribution in [0.25, 0.3) is 0 Å². The molecule has 1 heterocycles. The maximum absolute atomic E-state index is 12.6. The monoisotopic (exact) mass is 339 g/mol. The quantitative estimate of drug-likeness (QED) is 0.843. The fourth-order valence-corrected chi connectivity index (χ4v) is 6.38. The van der Waals surface area contributed by atoms with E-state index in [2.05, 4.69) is 30.0 Å². The lowest BCUT2D eigenvalue weighted by molar-refractivity contribution is -0.131. The van der Waals surface area contributed by atoms with Gasteiger partial charge in [-0.3, -0.25) is 9.69 Å². The van der Waals surface area contributed by atoms with Crippen molar-refractivity contribution in [2.75, 3.05) is 20.2 Å². The van der Waals surface area contributed by atoms with Crippen LogP contribution in [0.5, 0.6) is 5.75 Å². The Morgan fingerprint density at radius 1 is 1.28 bits per heavy atom. The highest BCUT2D eigenvalue weighted by Gasteiger charge is 2.58. The van der Waals surface area contributed by atoms with Crippen LogP contribution in [0.1, 0.15) is 50.2 Å². The van der Waals surface area contributed by atoms with E-state index in [-0.39, 0.29) is 5.41 Å². The van der Waals surface area contributed by atoms with Crippen molar-refractivity contribution in [1.29, 1.82) is 0 Å². The first kappa shape index (κ1) is 15.9. The lowest BCUT2D eigenvalue weighted by atomic mass is 9.49. The third kappa shape index (κ3) is 2.38. The molecule has 3 fully saturated rings. The molecule has 2 saturated carbocycles. The summed E-state index contributed by atoms with van der Waals surface area (Å²) in [5.74, 6) is 3.46. The Bertz CT molecular complexity index is 710. The van der Waals surface area contributed by atoms with Gasteiger partial charge in [-0.05, 0) is 73.2 Å². The van der Waals surface area contributed by atoms with Crippen LogP contribution in [-0.2, 0) is 16.6 Å². The van der Waals surface area contributed by atoms with E-state index in [9.17, 15) is 4.79 Å². The fourth-order valence-electron chi connectivity index (χ4n) is 6.38. The number of carbonyl (C=O) groups is 1. The molecule has 2 bridgehead atoms. The van der Waals surface area contributed by atoms with E-state index < -0.39 is 0 Å². The Morgan fingerprint density at radius 2 is 2.12 bits per heavy atom. The molecule has 1 saturated heterocycles.